The maximum atomic E-state index is 12.7. The minimum absolute atomic E-state index is 0.122. The molecular formula is C20H25N3O3. The van der Waals surface area contributed by atoms with Gasteiger partial charge in [0.1, 0.15) is 11.4 Å². The predicted octanol–water partition coefficient (Wildman–Crippen LogP) is 2.54. The number of aliphatic hydroxyl groups is 1. The van der Waals surface area contributed by atoms with Gasteiger partial charge in [-0.05, 0) is 54.5 Å². The van der Waals surface area contributed by atoms with Crippen LogP contribution in [0.3, 0.4) is 0 Å². The summed E-state index contributed by atoms with van der Waals surface area (Å²) in [5.41, 5.74) is 3.65. The number of nitrogens with one attached hydrogen (secondary N) is 2. The van der Waals surface area contributed by atoms with E-state index in [1.165, 1.54) is 5.56 Å². The summed E-state index contributed by atoms with van der Waals surface area (Å²) in [6, 6.07) is 7.84. The van der Waals surface area contributed by atoms with Crippen molar-refractivity contribution in [3.63, 3.8) is 0 Å². The van der Waals surface area contributed by atoms with Crippen LogP contribution in [0.2, 0.25) is 0 Å². The lowest BCUT2D eigenvalue weighted by Crippen LogP contribution is -2.41. The van der Waals surface area contributed by atoms with Gasteiger partial charge in [0.15, 0.2) is 0 Å². The average molecular weight is 355 g/mol. The second-order valence-corrected chi connectivity index (χ2v) is 7.33. The molecule has 1 fully saturated rings. The summed E-state index contributed by atoms with van der Waals surface area (Å²) >= 11 is 0. The second kappa shape index (κ2) is 7.11. The molecular weight excluding hydrogens is 330 g/mol. The first kappa shape index (κ1) is 17.1. The normalized spacial score (nSPS) is 22.2. The highest BCUT2D eigenvalue weighted by atomic mass is 16.5. The van der Waals surface area contributed by atoms with Gasteiger partial charge in [-0.1, -0.05) is 19.4 Å². The van der Waals surface area contributed by atoms with Crippen LogP contribution >= 0.6 is 0 Å². The van der Waals surface area contributed by atoms with E-state index in [0.717, 1.165) is 36.3 Å². The molecule has 138 valence electrons. The fourth-order valence-corrected chi connectivity index (χ4v) is 3.87. The molecule has 1 aliphatic carbocycles. The lowest BCUT2D eigenvalue weighted by Gasteiger charge is -2.38. The fourth-order valence-electron chi connectivity index (χ4n) is 3.87. The number of carbonyl (C=O) groups is 1. The maximum absolute atomic E-state index is 12.7. The molecule has 26 heavy (non-hydrogen) atoms. The number of benzene rings is 1. The number of nitrogens with zero attached hydrogens (tertiary/aromatic N) is 1. The smallest absolute Gasteiger partial charge is 0.272 e. The zero-order valence-electron chi connectivity index (χ0n) is 15.0. The van der Waals surface area contributed by atoms with Crippen LogP contribution in [0.15, 0.2) is 24.3 Å². The lowest BCUT2D eigenvalue weighted by molar-refractivity contribution is 0.0234. The van der Waals surface area contributed by atoms with Gasteiger partial charge >= 0.3 is 0 Å². The van der Waals surface area contributed by atoms with Gasteiger partial charge in [0.2, 0.25) is 0 Å². The number of fused-ring (bicyclic) bond motifs is 1. The molecule has 1 atom stereocenters. The van der Waals surface area contributed by atoms with Gasteiger partial charge in [0, 0.05) is 12.1 Å². The Morgan fingerprint density at radius 3 is 3.04 bits per heavy atom. The summed E-state index contributed by atoms with van der Waals surface area (Å²) in [6.45, 7) is 2.81. The van der Waals surface area contributed by atoms with Crippen molar-refractivity contribution in [3.05, 3.63) is 46.8 Å². The molecule has 6 nitrogen and oxygen atoms in total. The molecule has 2 aromatic rings. The zero-order valence-corrected chi connectivity index (χ0v) is 15.0. The van der Waals surface area contributed by atoms with E-state index in [9.17, 15) is 9.90 Å². The Balaban J connectivity index is 1.54. The number of ether oxygens (including phenoxy) is 1. The van der Waals surface area contributed by atoms with E-state index < -0.39 is 0 Å². The van der Waals surface area contributed by atoms with Gasteiger partial charge < -0.3 is 15.2 Å². The quantitative estimate of drug-likeness (QED) is 0.743. The Morgan fingerprint density at radius 1 is 1.42 bits per heavy atom. The SMILES string of the molecule is CCCc1cc(C(=O)N[C@@H](c2ccc3c(c2)CCO3)C2CC(O)C2)n[nH]1. The molecule has 0 spiro atoms. The first-order chi connectivity index (χ1) is 12.6. The third-order valence-electron chi connectivity index (χ3n) is 5.36. The number of carbonyl (C=O) groups excluding carboxylic acids is 1. The van der Waals surface area contributed by atoms with Crippen LogP contribution in [0.5, 0.6) is 5.75 Å². The Labute approximate surface area is 153 Å². The van der Waals surface area contributed by atoms with Crippen molar-refractivity contribution < 1.29 is 14.6 Å². The van der Waals surface area contributed by atoms with E-state index >= 15 is 0 Å². The number of aliphatic hydroxyl groups excluding tert-OH is 1. The summed E-state index contributed by atoms with van der Waals surface area (Å²) < 4.78 is 5.59. The number of H-pyrrole nitrogens is 1. The van der Waals surface area contributed by atoms with E-state index in [0.29, 0.717) is 25.1 Å². The van der Waals surface area contributed by atoms with Crippen molar-refractivity contribution in [1.82, 2.24) is 15.5 Å². The van der Waals surface area contributed by atoms with Crippen molar-refractivity contribution >= 4 is 5.91 Å². The van der Waals surface area contributed by atoms with Gasteiger partial charge in [-0.25, -0.2) is 0 Å². The first-order valence-electron chi connectivity index (χ1n) is 9.43. The largest absolute Gasteiger partial charge is 0.493 e. The highest BCUT2D eigenvalue weighted by Crippen LogP contribution is 2.39. The van der Waals surface area contributed by atoms with Crippen LogP contribution in [0.1, 0.15) is 59.5 Å². The molecule has 2 aliphatic rings. The zero-order chi connectivity index (χ0) is 18.1. The van der Waals surface area contributed by atoms with Gasteiger partial charge in [-0.3, -0.25) is 9.89 Å². The number of aromatic amines is 1. The van der Waals surface area contributed by atoms with Gasteiger partial charge in [0.25, 0.3) is 5.91 Å². The van der Waals surface area contributed by atoms with E-state index in [1.807, 2.05) is 18.2 Å². The van der Waals surface area contributed by atoms with Crippen LogP contribution in [-0.2, 0) is 12.8 Å². The number of aromatic nitrogens is 2. The Morgan fingerprint density at radius 2 is 2.27 bits per heavy atom. The third-order valence-corrected chi connectivity index (χ3v) is 5.36. The molecule has 0 unspecified atom stereocenters. The molecule has 2 heterocycles. The van der Waals surface area contributed by atoms with E-state index in [-0.39, 0.29) is 24.0 Å². The second-order valence-electron chi connectivity index (χ2n) is 7.33. The highest BCUT2D eigenvalue weighted by molar-refractivity contribution is 5.92. The molecule has 3 N–H and O–H groups in total. The van der Waals surface area contributed by atoms with E-state index in [2.05, 4.69) is 28.5 Å². The summed E-state index contributed by atoms with van der Waals surface area (Å²) in [7, 11) is 0. The molecule has 1 aliphatic heterocycles. The molecule has 6 heteroatoms. The van der Waals surface area contributed by atoms with Crippen LogP contribution in [0.4, 0.5) is 0 Å². The molecule has 1 amide bonds. The van der Waals surface area contributed by atoms with Crippen LogP contribution in [-0.4, -0.2) is 33.9 Å². The Kier molecular flexibility index (Phi) is 4.68. The van der Waals surface area contributed by atoms with Crippen LogP contribution in [0.25, 0.3) is 0 Å². The minimum Gasteiger partial charge on any atom is -0.493 e. The lowest BCUT2D eigenvalue weighted by atomic mass is 9.75. The summed E-state index contributed by atoms with van der Waals surface area (Å²) in [5.74, 6) is 0.999. The predicted molar refractivity (Wildman–Crippen MR) is 97.2 cm³/mol. The van der Waals surface area contributed by atoms with Gasteiger partial charge in [-0.15, -0.1) is 0 Å². The Bertz CT molecular complexity index is 795. The Hall–Kier alpha value is -2.34. The van der Waals surface area contributed by atoms with Crippen molar-refractivity contribution in [3.8, 4) is 5.75 Å². The van der Waals surface area contributed by atoms with Gasteiger partial charge in [-0.2, -0.15) is 5.10 Å². The average Bonchev–Trinajstić information content (AvgIpc) is 3.26. The summed E-state index contributed by atoms with van der Waals surface area (Å²) in [6.07, 6.45) is 3.93. The van der Waals surface area contributed by atoms with Crippen molar-refractivity contribution in [2.75, 3.05) is 6.61 Å². The van der Waals surface area contributed by atoms with Gasteiger partial charge in [0.05, 0.1) is 18.8 Å². The molecule has 1 aromatic heterocycles. The van der Waals surface area contributed by atoms with Crippen LogP contribution in [0, 0.1) is 5.92 Å². The van der Waals surface area contributed by atoms with Crippen LogP contribution < -0.4 is 10.1 Å². The third kappa shape index (κ3) is 3.33. The van der Waals surface area contributed by atoms with Crippen molar-refractivity contribution in [2.24, 2.45) is 5.92 Å². The number of hydrogen-bond acceptors (Lipinski definition) is 4. The number of hydrogen-bond donors (Lipinski definition) is 3. The summed E-state index contributed by atoms with van der Waals surface area (Å²) in [5, 5.41) is 20.0. The number of rotatable bonds is 6. The van der Waals surface area contributed by atoms with E-state index in [1.54, 1.807) is 0 Å². The number of amides is 1. The molecule has 1 aromatic carbocycles. The maximum Gasteiger partial charge on any atom is 0.272 e. The molecule has 0 bridgehead atoms. The topological polar surface area (TPSA) is 87.2 Å². The monoisotopic (exact) mass is 355 g/mol. The van der Waals surface area contributed by atoms with Crippen molar-refractivity contribution in [2.45, 2.75) is 51.2 Å². The molecule has 0 saturated heterocycles. The number of aryl methyl sites for hydroxylation is 1. The fraction of sp³-hybridized carbons (Fsp3) is 0.500. The molecule has 1 saturated carbocycles. The van der Waals surface area contributed by atoms with E-state index in [4.69, 9.17) is 4.74 Å². The molecule has 4 rings (SSSR count). The first-order valence-corrected chi connectivity index (χ1v) is 9.43. The standard InChI is InChI=1S/C20H25N3O3/c1-2-3-15-11-17(23-22-15)20(25)21-19(14-9-16(24)10-14)13-4-5-18-12(8-13)6-7-26-18/h4-5,8,11,14,16,19,24H,2-3,6-7,9-10H2,1H3,(H,21,25)(H,22,23)/t14?,16?,19-/m0/s1. The highest BCUT2D eigenvalue weighted by Gasteiger charge is 2.36. The van der Waals surface area contributed by atoms with Crippen molar-refractivity contribution in [1.29, 1.82) is 0 Å². The minimum atomic E-state index is -0.265. The molecule has 0 radical (unpaired) electrons. The summed E-state index contributed by atoms with van der Waals surface area (Å²) in [4.78, 5) is 12.7.